The number of hydrogen-bond donors (Lipinski definition) is 0. The minimum absolute atomic E-state index is 0. The van der Waals surface area contributed by atoms with Crippen molar-refractivity contribution in [1.82, 2.24) is 0 Å². The molecule has 0 saturated heterocycles. The summed E-state index contributed by atoms with van der Waals surface area (Å²) in [5.74, 6) is 0. The van der Waals surface area contributed by atoms with Gasteiger partial charge in [0.05, 0.1) is 0 Å². The fourth-order valence-corrected chi connectivity index (χ4v) is 1.14. The van der Waals surface area contributed by atoms with Crippen LogP contribution in [0.2, 0.25) is 0 Å². The molecular formula is C9H8WY-2. The summed E-state index contributed by atoms with van der Waals surface area (Å²) >= 11 is 1.44. The van der Waals surface area contributed by atoms with Crippen molar-refractivity contribution in [3.05, 3.63) is 35.9 Å². The number of rotatable bonds is 3. The van der Waals surface area contributed by atoms with Crippen LogP contribution in [0.4, 0.5) is 0 Å². The van der Waals surface area contributed by atoms with Crippen molar-refractivity contribution in [2.45, 2.75) is 12.8 Å². The maximum Gasteiger partial charge on any atom is 0 e. The van der Waals surface area contributed by atoms with Gasteiger partial charge in [0.25, 0.3) is 0 Å². The second-order valence-electron chi connectivity index (χ2n) is 2.03. The summed E-state index contributed by atoms with van der Waals surface area (Å²) < 4.78 is 3.18. The quantitative estimate of drug-likeness (QED) is 0.691. The minimum Gasteiger partial charge on any atom is 0 e. The van der Waals surface area contributed by atoms with Gasteiger partial charge in [-0.1, -0.05) is 0 Å². The average molecular weight is 389 g/mol. The molecular weight excluding hydrogens is 381 g/mol. The van der Waals surface area contributed by atoms with Gasteiger partial charge in [-0.25, -0.2) is 0 Å². The predicted octanol–water partition coefficient (Wildman–Crippen LogP) is 1.64. The molecule has 0 saturated carbocycles. The van der Waals surface area contributed by atoms with Crippen LogP contribution < -0.4 is 0 Å². The molecule has 0 nitrogen and oxygen atoms in total. The zero-order valence-electron chi connectivity index (χ0n) is 6.21. The van der Waals surface area contributed by atoms with Crippen molar-refractivity contribution in [3.63, 3.8) is 0 Å². The minimum atomic E-state index is 0. The van der Waals surface area contributed by atoms with E-state index in [0.717, 1.165) is 12.8 Å². The van der Waals surface area contributed by atoms with Gasteiger partial charge in [0.15, 0.2) is 0 Å². The van der Waals surface area contributed by atoms with Crippen LogP contribution in [0.25, 0.3) is 0 Å². The van der Waals surface area contributed by atoms with Gasteiger partial charge in [0, 0.05) is 32.7 Å². The number of benzene rings is 1. The Morgan fingerprint density at radius 2 is 2.27 bits per heavy atom. The Balaban J connectivity index is 0.000001000. The summed E-state index contributed by atoms with van der Waals surface area (Å²) in [4.78, 5) is 0. The molecule has 0 atom stereocenters. The number of aryl methyl sites for hydroxylation is 1. The molecule has 0 heterocycles. The number of hydrogen-bond acceptors (Lipinski definition) is 0. The van der Waals surface area contributed by atoms with Crippen molar-refractivity contribution >= 4 is 4.40 Å². The first-order valence-electron chi connectivity index (χ1n) is 3.24. The van der Waals surface area contributed by atoms with E-state index >= 15 is 0 Å². The maximum atomic E-state index is 3.18. The van der Waals surface area contributed by atoms with Crippen LogP contribution in [-0.2, 0) is 58.5 Å². The molecule has 11 heavy (non-hydrogen) atoms. The first-order valence-corrected chi connectivity index (χ1v) is 4.71. The van der Waals surface area contributed by atoms with E-state index in [0.29, 0.717) is 0 Å². The second kappa shape index (κ2) is 7.53. The summed E-state index contributed by atoms with van der Waals surface area (Å²) in [5.41, 5.74) is 1.29. The second-order valence-corrected chi connectivity index (χ2v) is 3.07. The predicted molar refractivity (Wildman–Crippen MR) is 38.6 cm³/mol. The molecule has 0 aliphatic heterocycles. The Kier molecular flexibility index (Phi) is 8.13. The molecule has 1 aromatic rings. The molecule has 0 spiro atoms. The molecule has 55 valence electrons. The smallest absolute Gasteiger partial charge is 0 e. The molecule has 1 aromatic carbocycles. The third-order valence-electron chi connectivity index (χ3n) is 1.27. The van der Waals surface area contributed by atoms with Gasteiger partial charge in [0.1, 0.15) is 0 Å². The monoisotopic (exact) mass is 389 g/mol. The van der Waals surface area contributed by atoms with E-state index in [1.54, 1.807) is 0 Å². The molecule has 1 radical (unpaired) electrons. The van der Waals surface area contributed by atoms with E-state index in [1.807, 2.05) is 18.2 Å². The molecule has 0 fully saturated rings. The van der Waals surface area contributed by atoms with Gasteiger partial charge in [-0.15, -0.1) is 0 Å². The molecule has 2 heteroatoms. The Morgan fingerprint density at radius 3 is 2.82 bits per heavy atom. The third kappa shape index (κ3) is 5.17. The zero-order valence-corrected chi connectivity index (χ0v) is 12.0. The van der Waals surface area contributed by atoms with Crippen LogP contribution in [-0.4, -0.2) is 4.40 Å². The first kappa shape index (κ1) is 11.9. The van der Waals surface area contributed by atoms with Crippen molar-refractivity contribution in [2.24, 2.45) is 0 Å². The molecule has 0 unspecified atom stereocenters. The van der Waals surface area contributed by atoms with Crippen molar-refractivity contribution in [1.29, 1.82) is 0 Å². The molecule has 0 aliphatic carbocycles. The van der Waals surface area contributed by atoms with Crippen molar-refractivity contribution in [2.75, 3.05) is 0 Å². The molecule has 0 bridgehead atoms. The zero-order chi connectivity index (χ0) is 7.23. The van der Waals surface area contributed by atoms with Crippen LogP contribution in [0.5, 0.6) is 0 Å². The molecule has 0 aromatic heterocycles. The molecule has 0 aliphatic rings. The largest absolute Gasteiger partial charge is 0 e. The Bertz CT molecular complexity index is 196. The van der Waals surface area contributed by atoms with Crippen LogP contribution in [0.1, 0.15) is 12.0 Å². The van der Waals surface area contributed by atoms with E-state index in [9.17, 15) is 0 Å². The molecule has 1 rings (SSSR count). The van der Waals surface area contributed by atoms with Crippen LogP contribution in [0, 0.1) is 6.07 Å². The van der Waals surface area contributed by atoms with Gasteiger partial charge < -0.3 is 0 Å². The Morgan fingerprint density at radius 1 is 1.45 bits per heavy atom. The Labute approximate surface area is 104 Å². The van der Waals surface area contributed by atoms with Crippen LogP contribution in [0.3, 0.4) is 0 Å². The van der Waals surface area contributed by atoms with Gasteiger partial charge in [-0.05, 0) is 0 Å². The standard InChI is InChI=1S/C9H8.W.Y/c1-2-6-9-7-4-3-5-8-9;;/h3-5,7H,2,6H2;;/q-2;;. The van der Waals surface area contributed by atoms with E-state index in [-0.39, 0.29) is 32.7 Å². The third-order valence-corrected chi connectivity index (χ3v) is 2.00. The summed E-state index contributed by atoms with van der Waals surface area (Å²) in [5, 5.41) is 0. The van der Waals surface area contributed by atoms with Crippen molar-refractivity contribution < 1.29 is 52.1 Å². The van der Waals surface area contributed by atoms with Gasteiger partial charge in [-0.3, -0.25) is 0 Å². The summed E-state index contributed by atoms with van der Waals surface area (Å²) in [6.45, 7) is 0. The van der Waals surface area contributed by atoms with E-state index in [2.05, 4.69) is 16.5 Å². The summed E-state index contributed by atoms with van der Waals surface area (Å²) in [6, 6.07) is 11.3. The topological polar surface area (TPSA) is 0 Å². The average Bonchev–Trinajstić information content (AvgIpc) is 2.03. The summed E-state index contributed by atoms with van der Waals surface area (Å²) in [6.07, 6.45) is 2.15. The van der Waals surface area contributed by atoms with Gasteiger partial charge in [0.2, 0.25) is 0 Å². The van der Waals surface area contributed by atoms with E-state index < -0.39 is 0 Å². The fourth-order valence-electron chi connectivity index (χ4n) is 0.772. The maximum absolute atomic E-state index is 3.18. The van der Waals surface area contributed by atoms with Crippen LogP contribution >= 0.6 is 0 Å². The van der Waals surface area contributed by atoms with E-state index in [1.165, 1.54) is 24.9 Å². The normalized spacial score (nSPS) is 8.36. The molecule has 0 amide bonds. The van der Waals surface area contributed by atoms with Crippen LogP contribution in [0.15, 0.2) is 24.3 Å². The van der Waals surface area contributed by atoms with E-state index in [4.69, 9.17) is 0 Å². The molecule has 0 N–H and O–H groups in total. The van der Waals surface area contributed by atoms with Gasteiger partial charge in [-0.2, -0.15) is 0 Å². The Hall–Kier alpha value is 0.882. The van der Waals surface area contributed by atoms with Crippen molar-refractivity contribution in [3.8, 4) is 0 Å². The fraction of sp³-hybridized carbons (Fsp3) is 0.222. The first-order chi connectivity index (χ1) is 4.93. The summed E-state index contributed by atoms with van der Waals surface area (Å²) in [7, 11) is 0. The SMILES string of the molecule is [W]=[C-]CCc1[c-]cccc1.[Y]. The van der Waals surface area contributed by atoms with Gasteiger partial charge >= 0.3 is 72.5 Å².